The molecule has 0 aromatic heterocycles. The summed E-state index contributed by atoms with van der Waals surface area (Å²) in [6.45, 7) is 0.797. The number of rotatable bonds is 8. The molecule has 1 aliphatic heterocycles. The first-order valence-corrected chi connectivity index (χ1v) is 9.63. The van der Waals surface area contributed by atoms with Crippen LogP contribution >= 0.6 is 0 Å². The van der Waals surface area contributed by atoms with E-state index in [9.17, 15) is 22.8 Å². The topological polar surface area (TPSA) is 96.7 Å². The molecule has 10 heteroatoms. The largest absolute Gasteiger partial charge is 0.418 e. The van der Waals surface area contributed by atoms with Gasteiger partial charge in [-0.25, -0.2) is 0 Å². The van der Waals surface area contributed by atoms with Gasteiger partial charge >= 0.3 is 6.18 Å². The molecule has 0 spiro atoms. The lowest BCUT2D eigenvalue weighted by atomic mass is 10.1. The molecule has 1 saturated carbocycles. The summed E-state index contributed by atoms with van der Waals surface area (Å²) in [5, 5.41) is 5.34. The molecule has 7 nitrogen and oxygen atoms in total. The summed E-state index contributed by atoms with van der Waals surface area (Å²) in [5.74, 6) is -0.371. The molecule has 4 N–H and O–H groups in total. The minimum absolute atomic E-state index is 0.0295. The van der Waals surface area contributed by atoms with E-state index in [-0.39, 0.29) is 37.7 Å². The molecule has 1 heterocycles. The molecule has 2 fully saturated rings. The monoisotopic (exact) mass is 414 g/mol. The lowest BCUT2D eigenvalue weighted by molar-refractivity contribution is -0.137. The van der Waals surface area contributed by atoms with Crippen LogP contribution in [0.2, 0.25) is 0 Å². The minimum Gasteiger partial charge on any atom is -0.370 e. The number of halogens is 3. The molecular formula is C19H25F3N4O3. The molecule has 1 atom stereocenters. The zero-order chi connectivity index (χ0) is 21.0. The molecular weight excluding hydrogens is 389 g/mol. The number of carbonyl (C=O) groups excluding carboxylic acids is 2. The molecule has 160 valence electrons. The lowest BCUT2D eigenvalue weighted by Crippen LogP contribution is -2.46. The Morgan fingerprint density at radius 3 is 2.72 bits per heavy atom. The number of alkyl halides is 3. The van der Waals surface area contributed by atoms with Crippen molar-refractivity contribution in [1.29, 1.82) is 0 Å². The molecule has 0 bridgehead atoms. The van der Waals surface area contributed by atoms with Crippen LogP contribution in [0.3, 0.4) is 0 Å². The number of nitrogens with one attached hydrogen (secondary N) is 2. The molecule has 0 unspecified atom stereocenters. The smallest absolute Gasteiger partial charge is 0.370 e. The zero-order valence-corrected chi connectivity index (χ0v) is 15.9. The summed E-state index contributed by atoms with van der Waals surface area (Å²) in [4.78, 5) is 25.6. The summed E-state index contributed by atoms with van der Waals surface area (Å²) >= 11 is 0. The van der Waals surface area contributed by atoms with Gasteiger partial charge < -0.3 is 26.0 Å². The molecule has 1 aliphatic carbocycles. The third-order valence-corrected chi connectivity index (χ3v) is 5.06. The fourth-order valence-corrected chi connectivity index (χ4v) is 3.21. The highest BCUT2D eigenvalue weighted by Gasteiger charge is 2.36. The van der Waals surface area contributed by atoms with Crippen molar-refractivity contribution in [3.05, 3.63) is 23.8 Å². The number of anilines is 2. The predicted octanol–water partition coefficient (Wildman–Crippen LogP) is 1.72. The first-order chi connectivity index (χ1) is 13.8. The number of amides is 2. The Kier molecular flexibility index (Phi) is 6.76. The average Bonchev–Trinajstić information content (AvgIpc) is 3.49. The number of nitrogens with zero attached hydrogens (tertiary/aromatic N) is 1. The number of morpholine rings is 1. The van der Waals surface area contributed by atoms with Crippen LogP contribution in [-0.2, 0) is 20.5 Å². The zero-order valence-electron chi connectivity index (χ0n) is 15.9. The van der Waals surface area contributed by atoms with Crippen molar-refractivity contribution >= 4 is 23.2 Å². The van der Waals surface area contributed by atoms with Crippen molar-refractivity contribution in [2.45, 2.75) is 31.5 Å². The van der Waals surface area contributed by atoms with Gasteiger partial charge in [0.2, 0.25) is 5.91 Å². The maximum absolute atomic E-state index is 13.6. The first kappa shape index (κ1) is 21.5. The van der Waals surface area contributed by atoms with Crippen molar-refractivity contribution in [2.24, 2.45) is 11.7 Å². The Bertz CT molecular complexity index is 753. The number of ether oxygens (including phenoxy) is 1. The van der Waals surface area contributed by atoms with Crippen LogP contribution in [0.25, 0.3) is 0 Å². The van der Waals surface area contributed by atoms with Crippen molar-refractivity contribution < 1.29 is 27.5 Å². The third-order valence-electron chi connectivity index (χ3n) is 5.06. The number of benzene rings is 1. The van der Waals surface area contributed by atoms with E-state index in [1.807, 2.05) is 0 Å². The molecule has 29 heavy (non-hydrogen) atoms. The molecule has 1 aromatic rings. The van der Waals surface area contributed by atoms with E-state index in [1.54, 1.807) is 0 Å². The van der Waals surface area contributed by atoms with E-state index in [1.165, 1.54) is 23.8 Å². The maximum Gasteiger partial charge on any atom is 0.418 e. The molecule has 2 aliphatic rings. The Labute approximate surface area is 166 Å². The van der Waals surface area contributed by atoms with Gasteiger partial charge in [-0.05, 0) is 37.1 Å². The van der Waals surface area contributed by atoms with Gasteiger partial charge in [-0.2, -0.15) is 13.2 Å². The highest BCUT2D eigenvalue weighted by molar-refractivity contribution is 5.97. The fourth-order valence-electron chi connectivity index (χ4n) is 3.21. The summed E-state index contributed by atoms with van der Waals surface area (Å²) in [5.41, 5.74) is 4.35. The molecule has 0 radical (unpaired) electrons. The maximum atomic E-state index is 13.6. The van der Waals surface area contributed by atoms with Crippen LogP contribution in [0.5, 0.6) is 0 Å². The highest BCUT2D eigenvalue weighted by Crippen LogP contribution is 2.37. The Morgan fingerprint density at radius 2 is 2.10 bits per heavy atom. The van der Waals surface area contributed by atoms with Gasteiger partial charge in [0.1, 0.15) is 6.61 Å². The van der Waals surface area contributed by atoms with Crippen LogP contribution in [0.1, 0.15) is 24.8 Å². The van der Waals surface area contributed by atoms with E-state index in [4.69, 9.17) is 10.5 Å². The molecule has 2 amide bonds. The second-order valence-electron chi connectivity index (χ2n) is 7.29. The van der Waals surface area contributed by atoms with E-state index in [0.717, 1.165) is 18.6 Å². The van der Waals surface area contributed by atoms with Crippen LogP contribution in [0.15, 0.2) is 18.2 Å². The first-order valence-electron chi connectivity index (χ1n) is 9.63. The standard InChI is InChI=1S/C19H25F3N4O3/c20-19(21,22)14-9-13(26-7-8-29-11-17(26)27)3-4-15(14)25-18(28)16(10-23)24-6-5-12-1-2-12/h3-4,9,12,16,24H,1-2,5-8,10-11,23H2,(H,25,28)/t16-/m1/s1. The van der Waals surface area contributed by atoms with Crippen molar-refractivity contribution in [2.75, 3.05) is 43.1 Å². The van der Waals surface area contributed by atoms with Crippen LogP contribution in [-0.4, -0.2) is 50.7 Å². The fraction of sp³-hybridized carbons (Fsp3) is 0.579. The van der Waals surface area contributed by atoms with Gasteiger partial charge in [0, 0.05) is 18.8 Å². The van der Waals surface area contributed by atoms with Gasteiger partial charge in [-0.15, -0.1) is 0 Å². The highest BCUT2D eigenvalue weighted by atomic mass is 19.4. The Morgan fingerprint density at radius 1 is 1.34 bits per heavy atom. The van der Waals surface area contributed by atoms with Gasteiger partial charge in [0.25, 0.3) is 5.91 Å². The summed E-state index contributed by atoms with van der Waals surface area (Å²) in [6, 6.07) is 2.63. The number of hydrogen-bond acceptors (Lipinski definition) is 5. The summed E-state index contributed by atoms with van der Waals surface area (Å²) in [7, 11) is 0. The van der Waals surface area contributed by atoms with Crippen molar-refractivity contribution in [3.8, 4) is 0 Å². The van der Waals surface area contributed by atoms with Gasteiger partial charge in [-0.3, -0.25) is 9.59 Å². The number of hydrogen-bond donors (Lipinski definition) is 3. The molecule has 1 aromatic carbocycles. The second-order valence-corrected chi connectivity index (χ2v) is 7.29. The van der Waals surface area contributed by atoms with Crippen LogP contribution in [0, 0.1) is 5.92 Å². The number of carbonyl (C=O) groups is 2. The lowest BCUT2D eigenvalue weighted by Gasteiger charge is -2.28. The second kappa shape index (κ2) is 9.10. The van der Waals surface area contributed by atoms with Crippen LogP contribution in [0.4, 0.5) is 24.5 Å². The van der Waals surface area contributed by atoms with Crippen molar-refractivity contribution in [3.63, 3.8) is 0 Å². The van der Waals surface area contributed by atoms with Gasteiger partial charge in [-0.1, -0.05) is 12.8 Å². The Hall–Kier alpha value is -2.17. The number of nitrogens with two attached hydrogens (primary N) is 1. The van der Waals surface area contributed by atoms with E-state index in [0.29, 0.717) is 12.5 Å². The van der Waals surface area contributed by atoms with Gasteiger partial charge in [0.05, 0.1) is 23.9 Å². The predicted molar refractivity (Wildman–Crippen MR) is 101 cm³/mol. The SMILES string of the molecule is NC[C@@H](NCCC1CC1)C(=O)Nc1ccc(N2CCOCC2=O)cc1C(F)(F)F. The van der Waals surface area contributed by atoms with E-state index < -0.39 is 29.6 Å². The average molecular weight is 414 g/mol. The van der Waals surface area contributed by atoms with E-state index >= 15 is 0 Å². The Balaban J connectivity index is 1.74. The normalized spacial score (nSPS) is 18.6. The van der Waals surface area contributed by atoms with Crippen molar-refractivity contribution in [1.82, 2.24) is 5.32 Å². The third kappa shape index (κ3) is 5.68. The quantitative estimate of drug-likeness (QED) is 0.602. The molecule has 1 saturated heterocycles. The van der Waals surface area contributed by atoms with E-state index in [2.05, 4.69) is 10.6 Å². The minimum atomic E-state index is -4.70. The van der Waals surface area contributed by atoms with Gasteiger partial charge in [0.15, 0.2) is 0 Å². The summed E-state index contributed by atoms with van der Waals surface area (Å²) in [6.07, 6.45) is -1.44. The summed E-state index contributed by atoms with van der Waals surface area (Å²) < 4.78 is 45.8. The van der Waals surface area contributed by atoms with Crippen LogP contribution < -0.4 is 21.3 Å². The molecule has 3 rings (SSSR count).